The van der Waals surface area contributed by atoms with Crippen molar-refractivity contribution in [3.8, 4) is 0 Å². The lowest BCUT2D eigenvalue weighted by Crippen LogP contribution is -2.29. The number of hydrogen-bond donors (Lipinski definition) is 2. The molecule has 16 heavy (non-hydrogen) atoms. The maximum atomic E-state index is 6.04. The van der Waals surface area contributed by atoms with Crippen molar-refractivity contribution in [3.05, 3.63) is 45.7 Å². The fraction of sp³-hybridized carbons (Fsp3) is 0.333. The van der Waals surface area contributed by atoms with Crippen LogP contribution in [0.15, 0.2) is 30.1 Å². The molecule has 4 heteroatoms. The molecule has 0 spiro atoms. The zero-order valence-electron chi connectivity index (χ0n) is 9.06. The van der Waals surface area contributed by atoms with Crippen molar-refractivity contribution < 1.29 is 0 Å². The molecule has 3 N–H and O–H groups in total. The molecule has 2 rings (SSSR count). The Hall–Kier alpha value is -0.860. The van der Waals surface area contributed by atoms with Crippen molar-refractivity contribution in [2.24, 2.45) is 5.73 Å². The second-order valence-corrected chi connectivity index (χ2v) is 4.91. The van der Waals surface area contributed by atoms with Crippen LogP contribution in [0.25, 0.3) is 0 Å². The topological polar surface area (TPSA) is 38.0 Å². The number of nitrogens with one attached hydrogen (secondary N) is 1. The molecule has 1 aromatic rings. The van der Waals surface area contributed by atoms with Gasteiger partial charge in [-0.05, 0) is 30.2 Å². The number of hydrogen-bond acceptors (Lipinski definition) is 2. The molecular weight excluding hydrogens is 243 g/mol. The summed E-state index contributed by atoms with van der Waals surface area (Å²) in [7, 11) is 0. The molecule has 0 radical (unpaired) electrons. The highest BCUT2D eigenvalue weighted by molar-refractivity contribution is 6.42. The highest BCUT2D eigenvalue weighted by Crippen LogP contribution is 2.35. The molecule has 0 saturated carbocycles. The van der Waals surface area contributed by atoms with E-state index in [0.29, 0.717) is 10.0 Å². The van der Waals surface area contributed by atoms with Gasteiger partial charge in [-0.3, -0.25) is 0 Å². The van der Waals surface area contributed by atoms with Crippen molar-refractivity contribution in [2.75, 3.05) is 6.54 Å². The molecular formula is C12H14Cl2N2. The minimum Gasteiger partial charge on any atom is -0.386 e. The minimum atomic E-state index is -0.0572. The Balaban J connectivity index is 2.45. The Morgan fingerprint density at radius 2 is 2.12 bits per heavy atom. The molecule has 1 atom stereocenters. The summed E-state index contributed by atoms with van der Waals surface area (Å²) in [4.78, 5) is 0. The zero-order valence-corrected chi connectivity index (χ0v) is 10.6. The molecule has 0 amide bonds. The van der Waals surface area contributed by atoms with E-state index >= 15 is 0 Å². The van der Waals surface area contributed by atoms with Crippen LogP contribution < -0.4 is 11.1 Å². The first-order chi connectivity index (χ1) is 7.57. The summed E-state index contributed by atoms with van der Waals surface area (Å²) < 4.78 is 0. The van der Waals surface area contributed by atoms with E-state index in [9.17, 15) is 0 Å². The van der Waals surface area contributed by atoms with Crippen LogP contribution >= 0.6 is 23.2 Å². The van der Waals surface area contributed by atoms with Gasteiger partial charge in [0.05, 0.1) is 15.9 Å². The highest BCUT2D eigenvalue weighted by atomic mass is 35.5. The quantitative estimate of drug-likeness (QED) is 0.854. The van der Waals surface area contributed by atoms with Crippen LogP contribution in [-0.2, 0) is 5.41 Å². The Morgan fingerprint density at radius 3 is 2.62 bits per heavy atom. The Kier molecular flexibility index (Phi) is 3.04. The molecule has 1 aromatic carbocycles. The molecule has 1 aliphatic heterocycles. The monoisotopic (exact) mass is 256 g/mol. The van der Waals surface area contributed by atoms with Gasteiger partial charge >= 0.3 is 0 Å². The summed E-state index contributed by atoms with van der Waals surface area (Å²) >= 11 is 12.0. The number of nitrogens with two attached hydrogens (primary N) is 1. The largest absolute Gasteiger partial charge is 0.386 e. The molecule has 0 aromatic heterocycles. The van der Waals surface area contributed by atoms with Crippen molar-refractivity contribution in [1.82, 2.24) is 5.32 Å². The fourth-order valence-corrected chi connectivity index (χ4v) is 2.38. The average Bonchev–Trinajstić information content (AvgIpc) is 2.65. The third kappa shape index (κ3) is 1.87. The third-order valence-corrected chi connectivity index (χ3v) is 3.90. The standard InChI is InChI=1S/C12H14Cl2N2/c1-2-12(6-11(15)16-7-12)8-3-4-9(13)10(14)5-8/h3-6,16H,2,7,15H2,1H3/t12-/m1/s1. The van der Waals surface area contributed by atoms with E-state index in [1.54, 1.807) is 0 Å². The van der Waals surface area contributed by atoms with Crippen LogP contribution in [0.3, 0.4) is 0 Å². The summed E-state index contributed by atoms with van der Waals surface area (Å²) in [5, 5.41) is 4.33. The summed E-state index contributed by atoms with van der Waals surface area (Å²) in [6.07, 6.45) is 3.03. The van der Waals surface area contributed by atoms with E-state index in [0.717, 1.165) is 24.4 Å². The first-order valence-corrected chi connectivity index (χ1v) is 6.01. The molecule has 0 bridgehead atoms. The van der Waals surface area contributed by atoms with Crippen LogP contribution in [0, 0.1) is 0 Å². The van der Waals surface area contributed by atoms with Gasteiger partial charge in [-0.1, -0.05) is 36.2 Å². The van der Waals surface area contributed by atoms with Gasteiger partial charge in [-0.25, -0.2) is 0 Å². The van der Waals surface area contributed by atoms with E-state index in [1.165, 1.54) is 0 Å². The lowest BCUT2D eigenvalue weighted by Gasteiger charge is -2.25. The van der Waals surface area contributed by atoms with Gasteiger partial charge in [0.25, 0.3) is 0 Å². The van der Waals surface area contributed by atoms with Gasteiger partial charge in [-0.15, -0.1) is 0 Å². The molecule has 0 aliphatic carbocycles. The number of halogens is 2. The van der Waals surface area contributed by atoms with Gasteiger partial charge in [0.1, 0.15) is 0 Å². The van der Waals surface area contributed by atoms with E-state index in [-0.39, 0.29) is 5.41 Å². The lowest BCUT2D eigenvalue weighted by atomic mass is 9.79. The van der Waals surface area contributed by atoms with E-state index < -0.39 is 0 Å². The van der Waals surface area contributed by atoms with Crippen LogP contribution in [0.4, 0.5) is 0 Å². The van der Waals surface area contributed by atoms with Gasteiger partial charge in [0.2, 0.25) is 0 Å². The second kappa shape index (κ2) is 4.19. The Bertz CT molecular complexity index is 443. The third-order valence-electron chi connectivity index (χ3n) is 3.17. The molecule has 1 heterocycles. The number of benzene rings is 1. The summed E-state index contributed by atoms with van der Waals surface area (Å²) in [6, 6.07) is 5.76. The van der Waals surface area contributed by atoms with E-state index in [4.69, 9.17) is 28.9 Å². The molecule has 0 fully saturated rings. The van der Waals surface area contributed by atoms with Gasteiger partial charge in [0.15, 0.2) is 0 Å². The van der Waals surface area contributed by atoms with Crippen LogP contribution in [0.5, 0.6) is 0 Å². The minimum absolute atomic E-state index is 0.0572. The first kappa shape index (κ1) is 11.6. The van der Waals surface area contributed by atoms with Crippen molar-refractivity contribution >= 4 is 23.2 Å². The van der Waals surface area contributed by atoms with Crippen molar-refractivity contribution in [3.63, 3.8) is 0 Å². The second-order valence-electron chi connectivity index (χ2n) is 4.09. The maximum Gasteiger partial charge on any atom is 0.0929 e. The molecule has 0 unspecified atom stereocenters. The SMILES string of the molecule is CC[C@@]1(c2ccc(Cl)c(Cl)c2)C=C(N)NC1. The normalized spacial score (nSPS) is 24.1. The lowest BCUT2D eigenvalue weighted by molar-refractivity contribution is 0.526. The summed E-state index contributed by atoms with van der Waals surface area (Å²) in [5.74, 6) is 0.730. The fourth-order valence-electron chi connectivity index (χ4n) is 2.08. The van der Waals surface area contributed by atoms with Crippen LogP contribution in [-0.4, -0.2) is 6.54 Å². The van der Waals surface area contributed by atoms with Gasteiger partial charge < -0.3 is 11.1 Å². The van der Waals surface area contributed by atoms with Crippen molar-refractivity contribution in [2.45, 2.75) is 18.8 Å². The summed E-state index contributed by atoms with van der Waals surface area (Å²) in [6.45, 7) is 2.95. The predicted molar refractivity (Wildman–Crippen MR) is 68.7 cm³/mol. The van der Waals surface area contributed by atoms with Crippen LogP contribution in [0.2, 0.25) is 10.0 Å². The zero-order chi connectivity index (χ0) is 11.8. The average molecular weight is 257 g/mol. The van der Waals surface area contributed by atoms with Gasteiger partial charge in [-0.2, -0.15) is 0 Å². The van der Waals surface area contributed by atoms with E-state index in [1.807, 2.05) is 18.2 Å². The molecule has 0 saturated heterocycles. The highest BCUT2D eigenvalue weighted by Gasteiger charge is 2.32. The van der Waals surface area contributed by atoms with Gasteiger partial charge in [0, 0.05) is 12.0 Å². The van der Waals surface area contributed by atoms with Crippen molar-refractivity contribution in [1.29, 1.82) is 0 Å². The van der Waals surface area contributed by atoms with E-state index in [2.05, 4.69) is 18.3 Å². The Morgan fingerprint density at radius 1 is 1.38 bits per heavy atom. The number of rotatable bonds is 2. The predicted octanol–water partition coefficient (Wildman–Crippen LogP) is 3.04. The molecule has 2 nitrogen and oxygen atoms in total. The summed E-state index contributed by atoms with van der Waals surface area (Å²) in [5.41, 5.74) is 6.88. The molecule has 1 aliphatic rings. The van der Waals surface area contributed by atoms with Crippen LogP contribution in [0.1, 0.15) is 18.9 Å². The first-order valence-electron chi connectivity index (χ1n) is 5.25. The maximum absolute atomic E-state index is 6.04. The molecule has 86 valence electrons. The smallest absolute Gasteiger partial charge is 0.0929 e. The Labute approximate surface area is 105 Å².